The summed E-state index contributed by atoms with van der Waals surface area (Å²) < 4.78 is 6.94. The van der Waals surface area contributed by atoms with Crippen molar-refractivity contribution in [3.63, 3.8) is 0 Å². The van der Waals surface area contributed by atoms with E-state index in [-0.39, 0.29) is 11.9 Å². The lowest BCUT2D eigenvalue weighted by Gasteiger charge is -2.31. The van der Waals surface area contributed by atoms with Gasteiger partial charge in [-0.3, -0.25) is 14.4 Å². The number of nitrogens with zero attached hydrogens (tertiary/aromatic N) is 3. The number of rotatable bonds is 5. The topological polar surface area (TPSA) is 47.4 Å². The molecule has 0 N–H and O–H groups in total. The summed E-state index contributed by atoms with van der Waals surface area (Å²) in [6.07, 6.45) is 2.96. The van der Waals surface area contributed by atoms with Crippen LogP contribution in [0.4, 0.5) is 0 Å². The molecule has 0 saturated carbocycles. The molecular formula is C15H25N3O2. The monoisotopic (exact) mass is 279 g/mol. The van der Waals surface area contributed by atoms with Crippen molar-refractivity contribution in [2.75, 3.05) is 20.2 Å². The largest absolute Gasteiger partial charge is 0.469 e. The SMILES string of the molecule is CCc1cc(CN2CCC[C@H](C(=O)OC)C2)n(CC)n1. The minimum Gasteiger partial charge on any atom is -0.469 e. The third-order valence-corrected chi connectivity index (χ3v) is 4.00. The molecule has 2 heterocycles. The van der Waals surface area contributed by atoms with E-state index in [1.165, 1.54) is 12.8 Å². The van der Waals surface area contributed by atoms with Gasteiger partial charge in [-0.2, -0.15) is 5.10 Å². The minimum absolute atomic E-state index is 0.0254. The molecule has 1 aromatic heterocycles. The molecule has 1 aromatic rings. The van der Waals surface area contributed by atoms with Crippen molar-refractivity contribution in [1.82, 2.24) is 14.7 Å². The van der Waals surface area contributed by atoms with E-state index in [2.05, 4.69) is 34.6 Å². The molecule has 0 aromatic carbocycles. The Bertz CT molecular complexity index is 456. The highest BCUT2D eigenvalue weighted by molar-refractivity contribution is 5.72. The Kier molecular flexibility index (Phi) is 5.17. The summed E-state index contributed by atoms with van der Waals surface area (Å²) >= 11 is 0. The first-order valence-corrected chi connectivity index (χ1v) is 7.53. The summed E-state index contributed by atoms with van der Waals surface area (Å²) in [6.45, 7) is 7.84. The highest BCUT2D eigenvalue weighted by Gasteiger charge is 2.26. The number of likely N-dealkylation sites (tertiary alicyclic amines) is 1. The molecule has 1 saturated heterocycles. The number of aryl methyl sites for hydroxylation is 2. The number of esters is 1. The van der Waals surface area contributed by atoms with Gasteiger partial charge >= 0.3 is 5.97 Å². The molecule has 1 atom stereocenters. The summed E-state index contributed by atoms with van der Waals surface area (Å²) in [5.74, 6) is -0.0506. The van der Waals surface area contributed by atoms with E-state index < -0.39 is 0 Å². The van der Waals surface area contributed by atoms with Crippen LogP contribution in [-0.2, 0) is 29.0 Å². The molecule has 5 heteroatoms. The summed E-state index contributed by atoms with van der Waals surface area (Å²) in [5.41, 5.74) is 2.39. The van der Waals surface area contributed by atoms with Crippen LogP contribution >= 0.6 is 0 Å². The van der Waals surface area contributed by atoms with Crippen molar-refractivity contribution < 1.29 is 9.53 Å². The van der Waals surface area contributed by atoms with Crippen LogP contribution in [0.3, 0.4) is 0 Å². The first kappa shape index (κ1) is 15.0. The van der Waals surface area contributed by atoms with Gasteiger partial charge in [0.2, 0.25) is 0 Å². The van der Waals surface area contributed by atoms with Crippen molar-refractivity contribution in [2.24, 2.45) is 5.92 Å². The van der Waals surface area contributed by atoms with Gasteiger partial charge in [0.1, 0.15) is 0 Å². The fraction of sp³-hybridized carbons (Fsp3) is 0.733. The number of carbonyl (C=O) groups is 1. The second-order valence-corrected chi connectivity index (χ2v) is 5.39. The Balaban J connectivity index is 2.02. The highest BCUT2D eigenvalue weighted by atomic mass is 16.5. The molecule has 0 amide bonds. The van der Waals surface area contributed by atoms with Crippen LogP contribution in [0.5, 0.6) is 0 Å². The van der Waals surface area contributed by atoms with Gasteiger partial charge in [-0.1, -0.05) is 6.92 Å². The average molecular weight is 279 g/mol. The van der Waals surface area contributed by atoms with E-state index in [4.69, 9.17) is 4.74 Å². The molecule has 0 spiro atoms. The summed E-state index contributed by atoms with van der Waals surface area (Å²) in [7, 11) is 1.47. The van der Waals surface area contributed by atoms with Gasteiger partial charge in [0.15, 0.2) is 0 Å². The van der Waals surface area contributed by atoms with Crippen LogP contribution in [0.1, 0.15) is 38.1 Å². The molecular weight excluding hydrogens is 254 g/mol. The van der Waals surface area contributed by atoms with E-state index in [0.29, 0.717) is 0 Å². The highest BCUT2D eigenvalue weighted by Crippen LogP contribution is 2.20. The molecule has 20 heavy (non-hydrogen) atoms. The predicted molar refractivity (Wildman–Crippen MR) is 77.3 cm³/mol. The molecule has 1 fully saturated rings. The number of ether oxygens (including phenoxy) is 1. The van der Waals surface area contributed by atoms with Gasteiger partial charge in [-0.05, 0) is 38.8 Å². The second-order valence-electron chi connectivity index (χ2n) is 5.39. The molecule has 1 aliphatic rings. The zero-order valence-electron chi connectivity index (χ0n) is 12.8. The zero-order valence-corrected chi connectivity index (χ0v) is 12.8. The van der Waals surface area contributed by atoms with Crippen LogP contribution in [0.15, 0.2) is 6.07 Å². The Morgan fingerprint density at radius 1 is 1.50 bits per heavy atom. The Hall–Kier alpha value is -1.36. The van der Waals surface area contributed by atoms with Crippen molar-refractivity contribution >= 4 is 5.97 Å². The van der Waals surface area contributed by atoms with Crippen LogP contribution in [0.25, 0.3) is 0 Å². The number of hydrogen-bond donors (Lipinski definition) is 0. The summed E-state index contributed by atoms with van der Waals surface area (Å²) in [5, 5.41) is 4.58. The Morgan fingerprint density at radius 3 is 2.95 bits per heavy atom. The van der Waals surface area contributed by atoms with Gasteiger partial charge in [0.25, 0.3) is 0 Å². The average Bonchev–Trinajstić information content (AvgIpc) is 2.88. The van der Waals surface area contributed by atoms with E-state index in [1.807, 2.05) is 0 Å². The molecule has 1 aliphatic heterocycles. The van der Waals surface area contributed by atoms with Crippen molar-refractivity contribution in [3.8, 4) is 0 Å². The van der Waals surface area contributed by atoms with Crippen molar-refractivity contribution in [1.29, 1.82) is 0 Å². The van der Waals surface area contributed by atoms with Gasteiger partial charge in [-0.15, -0.1) is 0 Å². The van der Waals surface area contributed by atoms with E-state index >= 15 is 0 Å². The maximum atomic E-state index is 11.7. The van der Waals surface area contributed by atoms with Gasteiger partial charge in [0.05, 0.1) is 24.4 Å². The Morgan fingerprint density at radius 2 is 2.30 bits per heavy atom. The van der Waals surface area contributed by atoms with Gasteiger partial charge in [-0.25, -0.2) is 0 Å². The molecule has 0 radical (unpaired) electrons. The summed E-state index contributed by atoms with van der Waals surface area (Å²) in [4.78, 5) is 14.0. The van der Waals surface area contributed by atoms with Crippen LogP contribution in [0, 0.1) is 5.92 Å². The fourth-order valence-corrected chi connectivity index (χ4v) is 2.88. The number of methoxy groups -OCH3 is 1. The lowest BCUT2D eigenvalue weighted by Crippen LogP contribution is -2.39. The van der Waals surface area contributed by atoms with E-state index in [9.17, 15) is 4.79 Å². The molecule has 0 aliphatic carbocycles. The summed E-state index contributed by atoms with van der Waals surface area (Å²) in [6, 6.07) is 2.19. The molecule has 5 nitrogen and oxygen atoms in total. The minimum atomic E-state index is -0.0760. The number of hydrogen-bond acceptors (Lipinski definition) is 4. The lowest BCUT2D eigenvalue weighted by atomic mass is 9.98. The fourth-order valence-electron chi connectivity index (χ4n) is 2.88. The first-order chi connectivity index (χ1) is 9.67. The van der Waals surface area contributed by atoms with Gasteiger partial charge in [0, 0.05) is 19.6 Å². The molecule has 0 bridgehead atoms. The second kappa shape index (κ2) is 6.88. The maximum Gasteiger partial charge on any atom is 0.309 e. The van der Waals surface area contributed by atoms with Gasteiger partial charge < -0.3 is 4.74 Å². The third kappa shape index (κ3) is 3.39. The smallest absolute Gasteiger partial charge is 0.309 e. The lowest BCUT2D eigenvalue weighted by molar-refractivity contribution is -0.147. The first-order valence-electron chi connectivity index (χ1n) is 7.53. The van der Waals surface area contributed by atoms with E-state index in [1.54, 1.807) is 0 Å². The molecule has 2 rings (SSSR count). The predicted octanol–water partition coefficient (Wildman–Crippen LogP) is 1.85. The quantitative estimate of drug-likeness (QED) is 0.772. The standard InChI is InChI=1S/C15H25N3O2/c1-4-13-9-14(18(5-2)16-13)11-17-8-6-7-12(10-17)15(19)20-3/h9,12H,4-8,10-11H2,1-3H3/t12-/m0/s1. The van der Waals surface area contributed by atoms with E-state index in [0.717, 1.165) is 51.1 Å². The maximum absolute atomic E-state index is 11.7. The molecule has 0 unspecified atom stereocenters. The van der Waals surface area contributed by atoms with Crippen molar-refractivity contribution in [2.45, 2.75) is 46.2 Å². The number of aromatic nitrogens is 2. The Labute approximate surface area is 120 Å². The number of carbonyl (C=O) groups excluding carboxylic acids is 1. The molecule has 112 valence electrons. The van der Waals surface area contributed by atoms with Crippen LogP contribution in [-0.4, -0.2) is 40.8 Å². The zero-order chi connectivity index (χ0) is 14.5. The number of piperidine rings is 1. The third-order valence-electron chi connectivity index (χ3n) is 4.00. The van der Waals surface area contributed by atoms with Crippen LogP contribution < -0.4 is 0 Å². The van der Waals surface area contributed by atoms with Crippen LogP contribution in [0.2, 0.25) is 0 Å². The normalized spacial score (nSPS) is 20.1. The van der Waals surface area contributed by atoms with Crippen molar-refractivity contribution in [3.05, 3.63) is 17.5 Å².